The molecule has 3 N–H and O–H groups in total. The smallest absolute Gasteiger partial charge is 0.410 e. The molecule has 202 valence electrons. The van der Waals surface area contributed by atoms with Crippen molar-refractivity contribution in [1.29, 1.82) is 0 Å². The fraction of sp³-hybridized carbons (Fsp3) is 0.615. The third-order valence-corrected chi connectivity index (χ3v) is 7.06. The van der Waals surface area contributed by atoms with E-state index in [1.54, 1.807) is 32.9 Å². The molecule has 3 unspecified atom stereocenters. The lowest BCUT2D eigenvalue weighted by Crippen LogP contribution is -2.63. The summed E-state index contributed by atoms with van der Waals surface area (Å²) in [6.45, 7) is 10.0. The number of hydrogen-bond acceptors (Lipinski definition) is 8. The number of ether oxygens (including phenoxy) is 1. The van der Waals surface area contributed by atoms with E-state index in [9.17, 15) is 19.2 Å². The Balaban J connectivity index is 1.36. The molecule has 11 heteroatoms. The summed E-state index contributed by atoms with van der Waals surface area (Å²) in [7, 11) is 0. The summed E-state index contributed by atoms with van der Waals surface area (Å²) in [5, 5.41) is 14.6. The molecule has 37 heavy (non-hydrogen) atoms. The Morgan fingerprint density at radius 1 is 1.08 bits per heavy atom. The van der Waals surface area contributed by atoms with E-state index in [1.165, 1.54) is 4.90 Å². The molecule has 3 amide bonds. The van der Waals surface area contributed by atoms with Crippen molar-refractivity contribution >= 4 is 35.1 Å². The number of hydrogen-bond donors (Lipinski definition) is 3. The first-order valence-corrected chi connectivity index (χ1v) is 12.9. The number of likely N-dealkylation sites (tertiary alicyclic amines) is 1. The Labute approximate surface area is 217 Å². The van der Waals surface area contributed by atoms with E-state index < -0.39 is 47.2 Å². The average molecular weight is 516 g/mol. The number of rotatable bonds is 5. The number of benzene rings is 1. The van der Waals surface area contributed by atoms with Crippen LogP contribution in [0.2, 0.25) is 0 Å². The standard InChI is InChI=1S/C26H37N5O6/c1-26(2,3)37-25(36)31-9-8-20-19(16-31)22(33)21(24(35)28-20)23(34)27-17-4-6-18(7-5-17)30-12-10-29(11-13-30)14-15-32/h4-7,19-21,32H,8-16H2,1-3H3,(H,27,34)(H,28,35). The number of ketones is 1. The van der Waals surface area contributed by atoms with E-state index in [4.69, 9.17) is 9.84 Å². The highest BCUT2D eigenvalue weighted by Crippen LogP contribution is 2.28. The van der Waals surface area contributed by atoms with Gasteiger partial charge in [0.25, 0.3) is 0 Å². The van der Waals surface area contributed by atoms with Crippen molar-refractivity contribution < 1.29 is 29.0 Å². The van der Waals surface area contributed by atoms with E-state index in [0.29, 0.717) is 25.2 Å². The number of nitrogens with one attached hydrogen (secondary N) is 2. The summed E-state index contributed by atoms with van der Waals surface area (Å²) in [6.07, 6.45) is -0.0857. The summed E-state index contributed by atoms with van der Waals surface area (Å²) < 4.78 is 5.43. The van der Waals surface area contributed by atoms with Gasteiger partial charge in [0.05, 0.1) is 12.5 Å². The van der Waals surface area contributed by atoms with E-state index in [1.807, 2.05) is 12.1 Å². The molecule has 3 aliphatic heterocycles. The van der Waals surface area contributed by atoms with Crippen molar-refractivity contribution in [2.24, 2.45) is 11.8 Å². The van der Waals surface area contributed by atoms with Crippen molar-refractivity contribution in [3.8, 4) is 0 Å². The van der Waals surface area contributed by atoms with Crippen molar-refractivity contribution in [3.05, 3.63) is 24.3 Å². The molecule has 3 aliphatic rings. The number of nitrogens with zero attached hydrogens (tertiary/aromatic N) is 3. The minimum absolute atomic E-state index is 0.0999. The number of aliphatic hydroxyl groups excluding tert-OH is 1. The number of piperidine rings is 2. The SMILES string of the molecule is CC(C)(C)OC(=O)N1CCC2NC(=O)C(C(=O)Nc3ccc(N4CCN(CCO)CC4)cc3)C(=O)C2C1. The molecule has 11 nitrogen and oxygen atoms in total. The number of amides is 3. The zero-order valence-electron chi connectivity index (χ0n) is 21.7. The zero-order valence-corrected chi connectivity index (χ0v) is 21.7. The second-order valence-electron chi connectivity index (χ2n) is 10.9. The van der Waals surface area contributed by atoms with Crippen LogP contribution in [0.25, 0.3) is 0 Å². The van der Waals surface area contributed by atoms with Crippen molar-refractivity contribution in [2.75, 3.05) is 62.6 Å². The lowest BCUT2D eigenvalue weighted by molar-refractivity contribution is -0.147. The van der Waals surface area contributed by atoms with Crippen molar-refractivity contribution in [1.82, 2.24) is 15.1 Å². The molecule has 0 radical (unpaired) electrons. The Hall–Kier alpha value is -3.18. The second kappa shape index (κ2) is 11.1. The van der Waals surface area contributed by atoms with E-state index >= 15 is 0 Å². The average Bonchev–Trinajstić information content (AvgIpc) is 2.84. The van der Waals surface area contributed by atoms with Gasteiger partial charge in [0.2, 0.25) is 11.8 Å². The number of fused-ring (bicyclic) bond motifs is 1. The maximum absolute atomic E-state index is 13.3. The monoisotopic (exact) mass is 515 g/mol. The molecule has 4 rings (SSSR count). The Morgan fingerprint density at radius 3 is 2.38 bits per heavy atom. The summed E-state index contributed by atoms with van der Waals surface area (Å²) in [6, 6.07) is 6.91. The number of aliphatic hydroxyl groups is 1. The van der Waals surface area contributed by atoms with Crippen LogP contribution in [0, 0.1) is 11.8 Å². The molecule has 1 aromatic rings. The van der Waals surface area contributed by atoms with E-state index in [2.05, 4.69) is 20.4 Å². The third kappa shape index (κ3) is 6.40. The number of anilines is 2. The van der Waals surface area contributed by atoms with Crippen LogP contribution < -0.4 is 15.5 Å². The van der Waals surface area contributed by atoms with Crippen LogP contribution in [0.5, 0.6) is 0 Å². The van der Waals surface area contributed by atoms with Gasteiger partial charge in [-0.15, -0.1) is 0 Å². The first-order chi connectivity index (χ1) is 17.6. The minimum atomic E-state index is -1.47. The predicted octanol–water partition coefficient (Wildman–Crippen LogP) is 0.680. The van der Waals surface area contributed by atoms with Gasteiger partial charge >= 0.3 is 6.09 Å². The highest BCUT2D eigenvalue weighted by molar-refractivity contribution is 6.23. The molecule has 3 fully saturated rings. The van der Waals surface area contributed by atoms with Crippen LogP contribution >= 0.6 is 0 Å². The number of β-amino-alcohol motifs (C(OH)–C–C–N with tert-alkyl or cyclic N) is 1. The molecule has 3 atom stereocenters. The van der Waals surface area contributed by atoms with Gasteiger partial charge < -0.3 is 30.3 Å². The second-order valence-corrected chi connectivity index (χ2v) is 10.9. The fourth-order valence-corrected chi connectivity index (χ4v) is 5.10. The Morgan fingerprint density at radius 2 is 1.76 bits per heavy atom. The number of Topliss-reactive ketones (excluding diaryl/α,β-unsaturated/α-hetero) is 1. The van der Waals surface area contributed by atoms with Crippen LogP contribution in [0.15, 0.2) is 24.3 Å². The van der Waals surface area contributed by atoms with Crippen LogP contribution in [-0.4, -0.2) is 103 Å². The van der Waals surface area contributed by atoms with Crippen molar-refractivity contribution in [3.63, 3.8) is 0 Å². The summed E-state index contributed by atoms with van der Waals surface area (Å²) >= 11 is 0. The molecule has 0 bridgehead atoms. The van der Waals surface area contributed by atoms with Crippen LogP contribution in [-0.2, 0) is 19.1 Å². The first kappa shape index (κ1) is 26.9. The minimum Gasteiger partial charge on any atom is -0.444 e. The first-order valence-electron chi connectivity index (χ1n) is 12.9. The molecular weight excluding hydrogens is 478 g/mol. The van der Waals surface area contributed by atoms with Crippen LogP contribution in [0.1, 0.15) is 27.2 Å². The van der Waals surface area contributed by atoms with Gasteiger partial charge in [-0.05, 0) is 51.5 Å². The third-order valence-electron chi connectivity index (χ3n) is 7.06. The number of carbonyl (C=O) groups excluding carboxylic acids is 4. The maximum Gasteiger partial charge on any atom is 0.410 e. The highest BCUT2D eigenvalue weighted by Gasteiger charge is 2.49. The van der Waals surface area contributed by atoms with Gasteiger partial charge in [-0.3, -0.25) is 19.3 Å². The lowest BCUT2D eigenvalue weighted by Gasteiger charge is -2.42. The molecule has 0 aromatic heterocycles. The Kier molecular flexibility index (Phi) is 8.03. The molecule has 3 saturated heterocycles. The van der Waals surface area contributed by atoms with Gasteiger partial charge in [-0.2, -0.15) is 0 Å². The molecule has 0 saturated carbocycles. The van der Waals surface area contributed by atoms with Gasteiger partial charge in [-0.1, -0.05) is 0 Å². The largest absolute Gasteiger partial charge is 0.444 e. The molecule has 3 heterocycles. The van der Waals surface area contributed by atoms with Gasteiger partial charge in [0.1, 0.15) is 5.60 Å². The van der Waals surface area contributed by atoms with Gasteiger partial charge in [-0.25, -0.2) is 4.79 Å². The van der Waals surface area contributed by atoms with Crippen LogP contribution in [0.4, 0.5) is 16.2 Å². The van der Waals surface area contributed by atoms with Crippen LogP contribution in [0.3, 0.4) is 0 Å². The van der Waals surface area contributed by atoms with Crippen molar-refractivity contribution in [2.45, 2.75) is 38.8 Å². The topological polar surface area (TPSA) is 132 Å². The quantitative estimate of drug-likeness (QED) is 0.488. The van der Waals surface area contributed by atoms with Gasteiger partial charge in [0, 0.05) is 63.2 Å². The summed E-state index contributed by atoms with van der Waals surface area (Å²) in [5.41, 5.74) is 0.847. The summed E-state index contributed by atoms with van der Waals surface area (Å²) in [5.74, 6) is -3.90. The van der Waals surface area contributed by atoms with E-state index in [-0.39, 0.29) is 13.2 Å². The van der Waals surface area contributed by atoms with E-state index in [0.717, 1.165) is 31.9 Å². The Bertz CT molecular complexity index is 1020. The predicted molar refractivity (Wildman–Crippen MR) is 137 cm³/mol. The van der Waals surface area contributed by atoms with Gasteiger partial charge in [0.15, 0.2) is 11.7 Å². The summed E-state index contributed by atoms with van der Waals surface area (Å²) in [4.78, 5) is 57.4. The fourth-order valence-electron chi connectivity index (χ4n) is 5.10. The molecule has 1 aromatic carbocycles. The molecule has 0 spiro atoms. The number of carbonyl (C=O) groups is 4. The lowest BCUT2D eigenvalue weighted by atomic mass is 9.78. The maximum atomic E-state index is 13.3. The zero-order chi connectivity index (χ0) is 26.7. The number of piperazine rings is 1. The normalized spacial score (nSPS) is 24.8. The molecule has 0 aliphatic carbocycles. The molecular formula is C26H37N5O6. The highest BCUT2D eigenvalue weighted by atomic mass is 16.6.